The molecule has 2 aromatic rings. The van der Waals surface area contributed by atoms with Crippen LogP contribution in [-0.2, 0) is 9.53 Å². The van der Waals surface area contributed by atoms with E-state index in [0.717, 1.165) is 22.6 Å². The molecule has 2 rings (SSSR count). The lowest BCUT2D eigenvalue weighted by Gasteiger charge is -2.06. The zero-order valence-electron chi connectivity index (χ0n) is 11.5. The van der Waals surface area contributed by atoms with Gasteiger partial charge in [-0.25, -0.2) is 4.79 Å². The quantitative estimate of drug-likeness (QED) is 0.621. The van der Waals surface area contributed by atoms with Crippen LogP contribution >= 0.6 is 0 Å². The van der Waals surface area contributed by atoms with Gasteiger partial charge in [-0.1, -0.05) is 24.3 Å². The molecule has 3 nitrogen and oxygen atoms in total. The Morgan fingerprint density at radius 2 is 1.80 bits per heavy atom. The van der Waals surface area contributed by atoms with Crippen molar-refractivity contribution in [2.24, 2.45) is 0 Å². The summed E-state index contributed by atoms with van der Waals surface area (Å²) < 4.78 is 10.3. The Morgan fingerprint density at radius 1 is 1.05 bits per heavy atom. The average molecular weight is 268 g/mol. The molecule has 0 unspecified atom stereocenters. The van der Waals surface area contributed by atoms with Gasteiger partial charge in [-0.05, 0) is 48.4 Å². The number of hydrogen-bond acceptors (Lipinski definition) is 3. The fourth-order valence-corrected chi connectivity index (χ4v) is 1.69. The third-order valence-corrected chi connectivity index (χ3v) is 2.72. The van der Waals surface area contributed by atoms with Crippen molar-refractivity contribution in [3.8, 4) is 11.5 Å². The van der Waals surface area contributed by atoms with Crippen LogP contribution in [0.4, 0.5) is 0 Å². The summed E-state index contributed by atoms with van der Waals surface area (Å²) in [7, 11) is 1.35. The summed E-state index contributed by atoms with van der Waals surface area (Å²) in [6.07, 6.45) is 3.08. The van der Waals surface area contributed by atoms with Crippen molar-refractivity contribution >= 4 is 12.0 Å². The maximum absolute atomic E-state index is 11.0. The number of methoxy groups -OCH3 is 1. The molecule has 0 spiro atoms. The molecule has 0 aliphatic rings. The summed E-state index contributed by atoms with van der Waals surface area (Å²) in [4.78, 5) is 11.0. The van der Waals surface area contributed by atoms with Gasteiger partial charge in [0.05, 0.1) is 7.11 Å². The van der Waals surface area contributed by atoms with E-state index in [1.165, 1.54) is 13.2 Å². The van der Waals surface area contributed by atoms with Gasteiger partial charge in [0.2, 0.25) is 0 Å². The van der Waals surface area contributed by atoms with Crippen LogP contribution in [0.2, 0.25) is 0 Å². The Balaban J connectivity index is 2.05. The van der Waals surface area contributed by atoms with E-state index >= 15 is 0 Å². The molecule has 0 fully saturated rings. The lowest BCUT2D eigenvalue weighted by atomic mass is 10.2. The molecule has 0 aliphatic carbocycles. The summed E-state index contributed by atoms with van der Waals surface area (Å²) in [5.74, 6) is 1.19. The van der Waals surface area contributed by atoms with E-state index in [0.29, 0.717) is 0 Å². The number of esters is 1. The highest BCUT2D eigenvalue weighted by Gasteiger charge is 1.98. The van der Waals surface area contributed by atoms with Gasteiger partial charge >= 0.3 is 5.97 Å². The maximum atomic E-state index is 11.0. The normalized spacial score (nSPS) is 10.5. The van der Waals surface area contributed by atoms with Gasteiger partial charge in [0, 0.05) is 6.08 Å². The Labute approximate surface area is 118 Å². The molecule has 0 aliphatic heterocycles. The van der Waals surface area contributed by atoms with Crippen molar-refractivity contribution in [1.29, 1.82) is 0 Å². The fourth-order valence-electron chi connectivity index (χ4n) is 1.69. The third-order valence-electron chi connectivity index (χ3n) is 2.72. The molecule has 3 heteroatoms. The van der Waals surface area contributed by atoms with Crippen molar-refractivity contribution in [2.75, 3.05) is 7.11 Å². The highest BCUT2D eigenvalue weighted by molar-refractivity contribution is 5.86. The average Bonchev–Trinajstić information content (AvgIpc) is 2.46. The number of aryl methyl sites for hydroxylation is 1. The summed E-state index contributed by atoms with van der Waals surface area (Å²) >= 11 is 0. The Bertz CT molecular complexity index is 612. The summed E-state index contributed by atoms with van der Waals surface area (Å²) in [6, 6.07) is 15.3. The first-order valence-corrected chi connectivity index (χ1v) is 6.28. The van der Waals surface area contributed by atoms with Crippen LogP contribution in [0.1, 0.15) is 11.1 Å². The largest absolute Gasteiger partial charge is 0.466 e. The molecule has 102 valence electrons. The number of ether oxygens (including phenoxy) is 2. The van der Waals surface area contributed by atoms with E-state index in [9.17, 15) is 4.79 Å². The smallest absolute Gasteiger partial charge is 0.330 e. The third kappa shape index (κ3) is 3.99. The minimum absolute atomic E-state index is 0.370. The van der Waals surface area contributed by atoms with Crippen LogP contribution in [0, 0.1) is 6.92 Å². The zero-order valence-corrected chi connectivity index (χ0v) is 11.5. The van der Waals surface area contributed by atoms with Crippen molar-refractivity contribution in [2.45, 2.75) is 6.92 Å². The predicted octanol–water partition coefficient (Wildman–Crippen LogP) is 3.97. The van der Waals surface area contributed by atoms with Gasteiger partial charge in [-0.3, -0.25) is 0 Å². The second-order valence-corrected chi connectivity index (χ2v) is 4.34. The molecule has 0 atom stereocenters. The number of benzene rings is 2. The van der Waals surface area contributed by atoms with Crippen LogP contribution in [0.3, 0.4) is 0 Å². The van der Waals surface area contributed by atoms with Crippen LogP contribution in [-0.4, -0.2) is 13.1 Å². The van der Waals surface area contributed by atoms with Gasteiger partial charge in [-0.15, -0.1) is 0 Å². The van der Waals surface area contributed by atoms with E-state index in [4.69, 9.17) is 4.74 Å². The van der Waals surface area contributed by atoms with Crippen LogP contribution in [0.15, 0.2) is 54.6 Å². The maximum Gasteiger partial charge on any atom is 0.330 e. The van der Waals surface area contributed by atoms with Crippen LogP contribution in [0.25, 0.3) is 6.08 Å². The molecular formula is C17H16O3. The zero-order chi connectivity index (χ0) is 14.4. The van der Waals surface area contributed by atoms with Gasteiger partial charge in [0.1, 0.15) is 11.5 Å². The Kier molecular flexibility index (Phi) is 4.56. The lowest BCUT2D eigenvalue weighted by molar-refractivity contribution is -0.134. The molecular weight excluding hydrogens is 252 g/mol. The lowest BCUT2D eigenvalue weighted by Crippen LogP contribution is -1.93. The standard InChI is InChI=1S/C17H16O3/c1-13-4-3-5-16(12-13)20-15-9-6-14(7-10-15)8-11-17(18)19-2/h3-12H,1-2H3/b11-8+. The van der Waals surface area contributed by atoms with Crippen molar-refractivity contribution in [3.63, 3.8) is 0 Å². The molecule has 0 saturated heterocycles. The SMILES string of the molecule is COC(=O)/C=C/c1ccc(Oc2cccc(C)c2)cc1. The number of carbonyl (C=O) groups is 1. The molecule has 0 aromatic heterocycles. The minimum Gasteiger partial charge on any atom is -0.466 e. The number of rotatable bonds is 4. The van der Waals surface area contributed by atoms with Gasteiger partial charge in [-0.2, -0.15) is 0 Å². The molecule has 0 amide bonds. The van der Waals surface area contributed by atoms with Crippen molar-refractivity contribution in [3.05, 3.63) is 65.7 Å². The first-order chi connectivity index (χ1) is 9.67. The summed E-state index contributed by atoms with van der Waals surface area (Å²) in [5.41, 5.74) is 2.06. The first-order valence-electron chi connectivity index (χ1n) is 6.28. The minimum atomic E-state index is -0.370. The molecule has 0 bridgehead atoms. The van der Waals surface area contributed by atoms with Gasteiger partial charge in [0.15, 0.2) is 0 Å². The molecule has 2 aromatic carbocycles. The van der Waals surface area contributed by atoms with E-state index in [1.54, 1.807) is 6.08 Å². The van der Waals surface area contributed by atoms with Gasteiger partial charge in [0.25, 0.3) is 0 Å². The second kappa shape index (κ2) is 6.57. The first kappa shape index (κ1) is 13.9. The summed E-state index contributed by atoms with van der Waals surface area (Å²) in [6.45, 7) is 2.02. The second-order valence-electron chi connectivity index (χ2n) is 4.34. The van der Waals surface area contributed by atoms with Crippen LogP contribution < -0.4 is 4.74 Å². The monoisotopic (exact) mass is 268 g/mol. The summed E-state index contributed by atoms with van der Waals surface area (Å²) in [5, 5.41) is 0. The van der Waals surface area contributed by atoms with E-state index in [-0.39, 0.29) is 5.97 Å². The highest BCUT2D eigenvalue weighted by Crippen LogP contribution is 2.22. The van der Waals surface area contributed by atoms with E-state index in [2.05, 4.69) is 4.74 Å². The molecule has 0 radical (unpaired) electrons. The highest BCUT2D eigenvalue weighted by atomic mass is 16.5. The molecule has 0 N–H and O–H groups in total. The fraction of sp³-hybridized carbons (Fsp3) is 0.118. The van der Waals surface area contributed by atoms with E-state index in [1.807, 2.05) is 55.5 Å². The topological polar surface area (TPSA) is 35.5 Å². The van der Waals surface area contributed by atoms with Crippen molar-refractivity contribution in [1.82, 2.24) is 0 Å². The van der Waals surface area contributed by atoms with Crippen LogP contribution in [0.5, 0.6) is 11.5 Å². The Morgan fingerprint density at radius 3 is 2.45 bits per heavy atom. The molecule has 0 saturated carbocycles. The number of carbonyl (C=O) groups excluding carboxylic acids is 1. The number of hydrogen-bond donors (Lipinski definition) is 0. The molecule has 0 heterocycles. The van der Waals surface area contributed by atoms with E-state index < -0.39 is 0 Å². The van der Waals surface area contributed by atoms with Crippen molar-refractivity contribution < 1.29 is 14.3 Å². The van der Waals surface area contributed by atoms with Gasteiger partial charge < -0.3 is 9.47 Å². The molecule has 20 heavy (non-hydrogen) atoms. The predicted molar refractivity (Wildman–Crippen MR) is 78.7 cm³/mol. The Hall–Kier alpha value is -2.55.